The Kier molecular flexibility index (Phi) is 3.71. The summed E-state index contributed by atoms with van der Waals surface area (Å²) in [6, 6.07) is 0. The fourth-order valence-corrected chi connectivity index (χ4v) is 2.63. The zero-order chi connectivity index (χ0) is 15.9. The topological polar surface area (TPSA) is 54.6 Å². The van der Waals surface area contributed by atoms with Crippen molar-refractivity contribution in [2.24, 2.45) is 5.10 Å². The van der Waals surface area contributed by atoms with E-state index >= 15 is 0 Å². The van der Waals surface area contributed by atoms with Crippen LogP contribution in [0.25, 0.3) is 4.96 Å². The first-order chi connectivity index (χ1) is 10.5. The predicted molar refractivity (Wildman–Crippen MR) is 73.4 cm³/mol. The molecular formula is C11H4ClF4N5S. The number of hydrogen-bond donors (Lipinski definition) is 1. The van der Waals surface area contributed by atoms with Gasteiger partial charge in [-0.2, -0.15) is 27.6 Å². The summed E-state index contributed by atoms with van der Waals surface area (Å²) in [5, 5.41) is 5.38. The maximum absolute atomic E-state index is 13.4. The lowest BCUT2D eigenvalue weighted by Crippen LogP contribution is -2.06. The highest BCUT2D eigenvalue weighted by Gasteiger charge is 2.20. The fraction of sp³-hybridized carbons (Fsp3) is 0. The molecule has 3 aromatic rings. The Morgan fingerprint density at radius 2 is 1.86 bits per heavy atom. The van der Waals surface area contributed by atoms with Crippen LogP contribution in [0.5, 0.6) is 0 Å². The maximum Gasteiger partial charge on any atom is 0.254 e. The number of imidazole rings is 1. The Balaban J connectivity index is 1.92. The van der Waals surface area contributed by atoms with E-state index in [-0.39, 0.29) is 5.15 Å². The van der Waals surface area contributed by atoms with Gasteiger partial charge in [0.2, 0.25) is 11.6 Å². The van der Waals surface area contributed by atoms with Gasteiger partial charge in [-0.15, -0.1) is 11.3 Å². The van der Waals surface area contributed by atoms with Gasteiger partial charge in [0.1, 0.15) is 11.4 Å². The number of pyridine rings is 1. The Hall–Kier alpha value is -2.20. The highest BCUT2D eigenvalue weighted by molar-refractivity contribution is 7.15. The first-order valence-electron chi connectivity index (χ1n) is 5.59. The second-order valence-electron chi connectivity index (χ2n) is 3.91. The average Bonchev–Trinajstić information content (AvgIpc) is 3.02. The lowest BCUT2D eigenvalue weighted by atomic mass is 10.4. The number of hydrazone groups is 1. The van der Waals surface area contributed by atoms with Crippen LogP contribution in [0.1, 0.15) is 5.69 Å². The summed E-state index contributed by atoms with van der Waals surface area (Å²) in [5.74, 6) is -6.93. The quantitative estimate of drug-likeness (QED) is 0.341. The second-order valence-corrected chi connectivity index (χ2v) is 5.14. The standard InChI is InChI=1S/C11H4ClF4N5S/c12-8-4(21-1-2-22-11(21)18-8)3-17-20-7-5(13)9(15)19-10(16)6(7)14/h1-3H,(H,19,20)/b17-3+. The monoisotopic (exact) mass is 349 g/mol. The van der Waals surface area contributed by atoms with Crippen LogP contribution in [0.2, 0.25) is 5.15 Å². The van der Waals surface area contributed by atoms with Crippen LogP contribution in [-0.2, 0) is 0 Å². The molecule has 0 aromatic carbocycles. The van der Waals surface area contributed by atoms with E-state index in [0.717, 1.165) is 6.21 Å². The van der Waals surface area contributed by atoms with Gasteiger partial charge in [-0.1, -0.05) is 11.6 Å². The molecular weight excluding hydrogens is 346 g/mol. The number of fused-ring (bicyclic) bond motifs is 1. The summed E-state index contributed by atoms with van der Waals surface area (Å²) >= 11 is 7.20. The summed E-state index contributed by atoms with van der Waals surface area (Å²) < 4.78 is 54.2. The Labute approximate surface area is 128 Å². The van der Waals surface area contributed by atoms with Crippen LogP contribution >= 0.6 is 22.9 Å². The van der Waals surface area contributed by atoms with Gasteiger partial charge < -0.3 is 0 Å². The van der Waals surface area contributed by atoms with Crippen molar-refractivity contribution < 1.29 is 17.6 Å². The maximum atomic E-state index is 13.4. The minimum Gasteiger partial charge on any atom is -0.288 e. The molecule has 22 heavy (non-hydrogen) atoms. The molecule has 0 atom stereocenters. The molecule has 114 valence electrons. The molecule has 1 N–H and O–H groups in total. The van der Waals surface area contributed by atoms with Gasteiger partial charge in [-0.05, 0) is 0 Å². The van der Waals surface area contributed by atoms with E-state index in [1.165, 1.54) is 11.3 Å². The zero-order valence-electron chi connectivity index (χ0n) is 10.3. The van der Waals surface area contributed by atoms with Crippen LogP contribution in [0, 0.1) is 23.5 Å². The van der Waals surface area contributed by atoms with Gasteiger partial charge >= 0.3 is 0 Å². The van der Waals surface area contributed by atoms with E-state index in [9.17, 15) is 17.6 Å². The third-order valence-corrected chi connectivity index (χ3v) is 3.65. The summed E-state index contributed by atoms with van der Waals surface area (Å²) in [6.07, 6.45) is 2.78. The van der Waals surface area contributed by atoms with Crippen LogP contribution in [0.15, 0.2) is 16.7 Å². The first kappa shape index (κ1) is 14.7. The Morgan fingerprint density at radius 3 is 2.55 bits per heavy atom. The molecule has 0 aliphatic rings. The van der Waals surface area contributed by atoms with E-state index in [2.05, 4.69) is 15.1 Å². The molecule has 3 heterocycles. The molecule has 0 bridgehead atoms. The second kappa shape index (κ2) is 5.54. The molecule has 0 fully saturated rings. The number of anilines is 1. The largest absolute Gasteiger partial charge is 0.288 e. The molecule has 5 nitrogen and oxygen atoms in total. The van der Waals surface area contributed by atoms with Crippen LogP contribution in [0.3, 0.4) is 0 Å². The first-order valence-corrected chi connectivity index (χ1v) is 6.85. The van der Waals surface area contributed by atoms with Gasteiger partial charge in [-0.25, -0.2) is 4.98 Å². The molecule has 0 amide bonds. The summed E-state index contributed by atoms with van der Waals surface area (Å²) in [4.78, 5) is 7.03. The molecule has 3 rings (SSSR count). The molecule has 0 radical (unpaired) electrons. The molecule has 0 saturated carbocycles. The number of nitrogens with zero attached hydrogens (tertiary/aromatic N) is 4. The van der Waals surface area contributed by atoms with Gasteiger partial charge in [0.15, 0.2) is 10.1 Å². The van der Waals surface area contributed by atoms with E-state index in [0.29, 0.717) is 10.7 Å². The lowest BCUT2D eigenvalue weighted by molar-refractivity contribution is 0.411. The van der Waals surface area contributed by atoms with Crippen molar-refractivity contribution in [2.75, 3.05) is 5.43 Å². The lowest BCUT2D eigenvalue weighted by Gasteiger charge is -2.04. The molecule has 0 aliphatic heterocycles. The number of aromatic nitrogens is 3. The third-order valence-electron chi connectivity index (χ3n) is 2.61. The minimum absolute atomic E-state index is 0.116. The summed E-state index contributed by atoms with van der Waals surface area (Å²) in [7, 11) is 0. The minimum atomic E-state index is -1.78. The molecule has 0 saturated heterocycles. The number of thiazole rings is 1. The summed E-state index contributed by atoms with van der Waals surface area (Å²) in [5.41, 5.74) is 1.13. The average molecular weight is 350 g/mol. The van der Waals surface area contributed by atoms with Crippen LogP contribution in [0.4, 0.5) is 23.2 Å². The highest BCUT2D eigenvalue weighted by Crippen LogP contribution is 2.23. The Morgan fingerprint density at radius 1 is 1.18 bits per heavy atom. The van der Waals surface area contributed by atoms with Gasteiger partial charge in [-0.3, -0.25) is 9.83 Å². The normalized spacial score (nSPS) is 11.7. The van der Waals surface area contributed by atoms with Crippen LogP contribution in [-0.4, -0.2) is 20.6 Å². The van der Waals surface area contributed by atoms with E-state index in [1.54, 1.807) is 16.0 Å². The summed E-state index contributed by atoms with van der Waals surface area (Å²) in [6.45, 7) is 0. The zero-order valence-corrected chi connectivity index (χ0v) is 11.9. The van der Waals surface area contributed by atoms with Crippen molar-refractivity contribution in [3.63, 3.8) is 0 Å². The number of rotatable bonds is 3. The molecule has 11 heteroatoms. The SMILES string of the molecule is Fc1nc(F)c(F)c(N/N=C/c2c(Cl)nc3sccn23)c1F. The van der Waals surface area contributed by atoms with Crippen molar-refractivity contribution in [3.05, 3.63) is 46.0 Å². The predicted octanol–water partition coefficient (Wildman–Crippen LogP) is 3.45. The van der Waals surface area contributed by atoms with Crippen molar-refractivity contribution in [2.45, 2.75) is 0 Å². The highest BCUT2D eigenvalue weighted by atomic mass is 35.5. The third kappa shape index (κ3) is 2.40. The fourth-order valence-electron chi connectivity index (χ4n) is 1.64. The van der Waals surface area contributed by atoms with E-state index < -0.39 is 29.2 Å². The molecule has 0 unspecified atom stereocenters. The molecule has 0 aliphatic carbocycles. The Bertz CT molecular complexity index is 864. The van der Waals surface area contributed by atoms with Crippen molar-refractivity contribution in [1.82, 2.24) is 14.4 Å². The van der Waals surface area contributed by atoms with Gasteiger partial charge in [0.25, 0.3) is 11.9 Å². The van der Waals surface area contributed by atoms with Gasteiger partial charge in [0.05, 0.1) is 6.21 Å². The van der Waals surface area contributed by atoms with Crippen molar-refractivity contribution in [3.8, 4) is 0 Å². The number of hydrogen-bond acceptors (Lipinski definition) is 5. The van der Waals surface area contributed by atoms with E-state index in [1.807, 2.05) is 5.43 Å². The smallest absolute Gasteiger partial charge is 0.254 e. The van der Waals surface area contributed by atoms with Crippen molar-refractivity contribution in [1.29, 1.82) is 0 Å². The van der Waals surface area contributed by atoms with Crippen LogP contribution < -0.4 is 5.43 Å². The van der Waals surface area contributed by atoms with Gasteiger partial charge in [0, 0.05) is 11.6 Å². The van der Waals surface area contributed by atoms with E-state index in [4.69, 9.17) is 11.6 Å². The molecule has 3 aromatic heterocycles. The molecule has 0 spiro atoms. The van der Waals surface area contributed by atoms with Crippen molar-refractivity contribution >= 4 is 39.8 Å². The number of halogens is 5. The number of nitrogens with one attached hydrogen (secondary N) is 1.